The van der Waals surface area contributed by atoms with E-state index in [0.29, 0.717) is 12.6 Å². The van der Waals surface area contributed by atoms with Gasteiger partial charge in [-0.05, 0) is 19.0 Å². The summed E-state index contributed by atoms with van der Waals surface area (Å²) in [6.45, 7) is 5.67. The quantitative estimate of drug-likeness (QED) is 0.633. The van der Waals surface area contributed by atoms with Gasteiger partial charge in [0.05, 0.1) is 12.2 Å². The van der Waals surface area contributed by atoms with Gasteiger partial charge in [-0.1, -0.05) is 13.8 Å². The highest BCUT2D eigenvalue weighted by Gasteiger charge is 2.17. The van der Waals surface area contributed by atoms with E-state index in [4.69, 9.17) is 0 Å². The lowest BCUT2D eigenvalue weighted by Gasteiger charge is -2.18. The molecule has 0 aliphatic carbocycles. The highest BCUT2D eigenvalue weighted by molar-refractivity contribution is 7.87. The molecular formula is C12H25N5O2S. The van der Waals surface area contributed by atoms with E-state index in [1.54, 1.807) is 31.0 Å². The molecule has 0 spiro atoms. The largest absolute Gasteiger partial charge is 0.314 e. The number of aryl methyl sites for hydroxylation is 1. The summed E-state index contributed by atoms with van der Waals surface area (Å²) in [7, 11) is -0.0724. The van der Waals surface area contributed by atoms with Gasteiger partial charge in [0.2, 0.25) is 0 Å². The Morgan fingerprint density at radius 1 is 1.45 bits per heavy atom. The van der Waals surface area contributed by atoms with Crippen LogP contribution in [0.2, 0.25) is 0 Å². The van der Waals surface area contributed by atoms with Crippen molar-refractivity contribution in [3.05, 3.63) is 18.0 Å². The monoisotopic (exact) mass is 303 g/mol. The average Bonchev–Trinajstić information content (AvgIpc) is 2.77. The Bertz CT molecular complexity index is 498. The molecule has 0 saturated heterocycles. The van der Waals surface area contributed by atoms with Crippen LogP contribution in [-0.2, 0) is 23.8 Å². The Morgan fingerprint density at radius 3 is 2.70 bits per heavy atom. The molecule has 0 unspecified atom stereocenters. The molecule has 0 atom stereocenters. The van der Waals surface area contributed by atoms with E-state index in [2.05, 4.69) is 29.0 Å². The second kappa shape index (κ2) is 7.72. The van der Waals surface area contributed by atoms with Crippen molar-refractivity contribution in [3.8, 4) is 0 Å². The van der Waals surface area contributed by atoms with Gasteiger partial charge in [-0.2, -0.15) is 22.5 Å². The zero-order chi connectivity index (χ0) is 15.2. The minimum atomic E-state index is -3.44. The van der Waals surface area contributed by atoms with Crippen LogP contribution in [0, 0.1) is 0 Å². The molecule has 7 nitrogen and oxygen atoms in total. The van der Waals surface area contributed by atoms with Crippen molar-refractivity contribution in [1.29, 1.82) is 0 Å². The summed E-state index contributed by atoms with van der Waals surface area (Å²) in [6.07, 6.45) is 2.42. The molecule has 0 bridgehead atoms. The first-order valence-electron chi connectivity index (χ1n) is 6.74. The van der Waals surface area contributed by atoms with Gasteiger partial charge < -0.3 is 5.32 Å². The van der Waals surface area contributed by atoms with Crippen molar-refractivity contribution in [1.82, 2.24) is 24.1 Å². The maximum absolute atomic E-state index is 12.0. The van der Waals surface area contributed by atoms with E-state index in [0.717, 1.165) is 18.7 Å². The van der Waals surface area contributed by atoms with Crippen molar-refractivity contribution >= 4 is 10.2 Å². The lowest BCUT2D eigenvalue weighted by Crippen LogP contribution is -2.39. The minimum Gasteiger partial charge on any atom is -0.314 e. The Labute approximate surface area is 121 Å². The third kappa shape index (κ3) is 5.58. The minimum absolute atomic E-state index is 0.243. The Kier molecular flexibility index (Phi) is 6.60. The van der Waals surface area contributed by atoms with Gasteiger partial charge in [0, 0.05) is 32.9 Å². The second-order valence-corrected chi connectivity index (χ2v) is 6.92. The number of nitrogens with one attached hydrogen (secondary N) is 2. The molecule has 1 aromatic rings. The Morgan fingerprint density at radius 2 is 2.15 bits per heavy atom. The van der Waals surface area contributed by atoms with Crippen LogP contribution >= 0.6 is 0 Å². The average molecular weight is 303 g/mol. The molecule has 0 saturated carbocycles. The summed E-state index contributed by atoms with van der Waals surface area (Å²) < 4.78 is 29.6. The molecule has 0 aliphatic rings. The summed E-state index contributed by atoms with van der Waals surface area (Å²) in [5.74, 6) is 0. The molecule has 0 fully saturated rings. The topological polar surface area (TPSA) is 79.3 Å². The molecule has 1 heterocycles. The number of nitrogens with zero attached hydrogens (tertiary/aromatic N) is 3. The molecule has 0 aromatic carbocycles. The van der Waals surface area contributed by atoms with Crippen LogP contribution in [0.15, 0.2) is 12.3 Å². The molecule has 8 heteroatoms. The first-order valence-corrected chi connectivity index (χ1v) is 8.18. The van der Waals surface area contributed by atoms with E-state index < -0.39 is 10.2 Å². The molecule has 0 aliphatic heterocycles. The van der Waals surface area contributed by atoms with Crippen LogP contribution in [0.1, 0.15) is 26.0 Å². The molecule has 0 radical (unpaired) electrons. The molecule has 0 amide bonds. The lowest BCUT2D eigenvalue weighted by molar-refractivity contribution is 0.438. The summed E-state index contributed by atoms with van der Waals surface area (Å²) in [5.41, 5.74) is 0.823. The molecular weight excluding hydrogens is 278 g/mol. The van der Waals surface area contributed by atoms with Crippen molar-refractivity contribution in [2.24, 2.45) is 7.05 Å². The maximum atomic E-state index is 12.0. The van der Waals surface area contributed by atoms with Gasteiger partial charge in [-0.3, -0.25) is 4.68 Å². The number of hydrogen-bond donors (Lipinski definition) is 2. The van der Waals surface area contributed by atoms with Crippen LogP contribution in [0.25, 0.3) is 0 Å². The van der Waals surface area contributed by atoms with Gasteiger partial charge in [0.1, 0.15) is 0 Å². The zero-order valence-corrected chi connectivity index (χ0v) is 13.4. The maximum Gasteiger partial charge on any atom is 0.279 e. The van der Waals surface area contributed by atoms with Crippen LogP contribution < -0.4 is 10.0 Å². The third-order valence-corrected chi connectivity index (χ3v) is 4.48. The van der Waals surface area contributed by atoms with Crippen molar-refractivity contribution in [2.75, 3.05) is 20.1 Å². The SMILES string of the molecule is CC(C)NCCCN(C)S(=O)(=O)NCc1ccnn1C. The number of aromatic nitrogens is 2. The van der Waals surface area contributed by atoms with E-state index in [1.165, 1.54) is 4.31 Å². The fourth-order valence-electron chi connectivity index (χ4n) is 1.66. The number of rotatable bonds is 9. The smallest absolute Gasteiger partial charge is 0.279 e. The Hall–Kier alpha value is -0.960. The highest BCUT2D eigenvalue weighted by Crippen LogP contribution is 2.00. The van der Waals surface area contributed by atoms with Gasteiger partial charge >= 0.3 is 0 Å². The first-order chi connectivity index (χ1) is 9.33. The van der Waals surface area contributed by atoms with Gasteiger partial charge in [0.25, 0.3) is 10.2 Å². The number of hydrogen-bond acceptors (Lipinski definition) is 4. The summed E-state index contributed by atoms with van der Waals surface area (Å²) in [6, 6.07) is 2.20. The normalized spacial score (nSPS) is 12.5. The van der Waals surface area contributed by atoms with Crippen LogP contribution in [0.5, 0.6) is 0 Å². The lowest BCUT2D eigenvalue weighted by atomic mass is 10.3. The fraction of sp³-hybridized carbons (Fsp3) is 0.750. The highest BCUT2D eigenvalue weighted by atomic mass is 32.2. The first kappa shape index (κ1) is 17.1. The zero-order valence-electron chi connectivity index (χ0n) is 12.6. The van der Waals surface area contributed by atoms with Gasteiger partial charge in [-0.15, -0.1) is 0 Å². The standard InChI is InChI=1S/C12H25N5O2S/c1-11(2)13-7-5-9-16(3)20(18,19)15-10-12-6-8-14-17(12)4/h6,8,11,13,15H,5,7,9-10H2,1-4H3. The molecule has 20 heavy (non-hydrogen) atoms. The molecule has 2 N–H and O–H groups in total. The van der Waals surface area contributed by atoms with Gasteiger partial charge in [0.15, 0.2) is 0 Å². The van der Waals surface area contributed by atoms with Crippen molar-refractivity contribution in [3.63, 3.8) is 0 Å². The van der Waals surface area contributed by atoms with E-state index in [-0.39, 0.29) is 6.54 Å². The predicted octanol–water partition coefficient (Wildman–Crippen LogP) is 0.0744. The van der Waals surface area contributed by atoms with Crippen LogP contribution in [0.4, 0.5) is 0 Å². The summed E-state index contributed by atoms with van der Waals surface area (Å²) in [4.78, 5) is 0. The van der Waals surface area contributed by atoms with E-state index in [1.807, 2.05) is 0 Å². The molecule has 116 valence electrons. The van der Waals surface area contributed by atoms with E-state index in [9.17, 15) is 8.42 Å². The van der Waals surface area contributed by atoms with E-state index >= 15 is 0 Å². The Balaban J connectivity index is 2.37. The van der Waals surface area contributed by atoms with Gasteiger partial charge in [-0.25, -0.2) is 0 Å². The van der Waals surface area contributed by atoms with Crippen molar-refractivity contribution in [2.45, 2.75) is 32.9 Å². The summed E-state index contributed by atoms with van der Waals surface area (Å²) >= 11 is 0. The summed E-state index contributed by atoms with van der Waals surface area (Å²) in [5, 5.41) is 7.26. The third-order valence-electron chi connectivity index (χ3n) is 2.97. The van der Waals surface area contributed by atoms with Crippen LogP contribution in [0.3, 0.4) is 0 Å². The second-order valence-electron chi connectivity index (χ2n) is 5.06. The van der Waals surface area contributed by atoms with Crippen LogP contribution in [-0.4, -0.2) is 48.7 Å². The van der Waals surface area contributed by atoms with Crippen molar-refractivity contribution < 1.29 is 8.42 Å². The molecule has 1 aromatic heterocycles. The fourth-order valence-corrected chi connectivity index (χ4v) is 2.58. The molecule has 1 rings (SSSR count). The predicted molar refractivity (Wildman–Crippen MR) is 79.4 cm³/mol.